The van der Waals surface area contributed by atoms with Gasteiger partial charge < -0.3 is 9.47 Å². The summed E-state index contributed by atoms with van der Waals surface area (Å²) in [5.41, 5.74) is 2.69. The van der Waals surface area contributed by atoms with Crippen molar-refractivity contribution < 1.29 is 9.47 Å². The van der Waals surface area contributed by atoms with E-state index in [4.69, 9.17) is 9.47 Å². The summed E-state index contributed by atoms with van der Waals surface area (Å²) in [5.74, 6) is 4.52. The van der Waals surface area contributed by atoms with E-state index in [-0.39, 0.29) is 0 Å². The average Bonchev–Trinajstić information content (AvgIpc) is 2.64. The van der Waals surface area contributed by atoms with Gasteiger partial charge in [0.05, 0.1) is 0 Å². The van der Waals surface area contributed by atoms with Crippen LogP contribution < -0.4 is 9.47 Å². The molecular weight excluding hydrogens is 320 g/mol. The Hall–Kier alpha value is -0.910. The van der Waals surface area contributed by atoms with E-state index in [9.17, 15) is 0 Å². The Balaban J connectivity index is 1.35. The van der Waals surface area contributed by atoms with E-state index in [0.717, 1.165) is 24.1 Å². The van der Waals surface area contributed by atoms with E-state index in [1.165, 1.54) is 61.7 Å². The summed E-state index contributed by atoms with van der Waals surface area (Å²) < 4.78 is 11.4. The van der Waals surface area contributed by atoms with Gasteiger partial charge in [0.1, 0.15) is 13.2 Å². The molecule has 0 aromatic heterocycles. The fraction of sp³-hybridized carbons (Fsp3) is 0.684. The van der Waals surface area contributed by atoms with Crippen LogP contribution in [0.3, 0.4) is 0 Å². The number of rotatable bonds is 3. The van der Waals surface area contributed by atoms with Gasteiger partial charge in [-0.3, -0.25) is 9.80 Å². The fourth-order valence-corrected chi connectivity index (χ4v) is 5.06. The normalized spacial score (nSPS) is 23.4. The average molecular weight is 349 g/mol. The Bertz CT molecular complexity index is 567. The Morgan fingerprint density at radius 3 is 2.38 bits per heavy atom. The van der Waals surface area contributed by atoms with Gasteiger partial charge in [-0.05, 0) is 54.5 Å². The van der Waals surface area contributed by atoms with Crippen LogP contribution in [-0.4, -0.2) is 66.7 Å². The number of nitrogens with zero attached hydrogens (tertiary/aromatic N) is 2. The summed E-state index contributed by atoms with van der Waals surface area (Å²) in [6.45, 7) is 9.33. The molecule has 2 saturated heterocycles. The first-order chi connectivity index (χ1) is 11.8. The Kier molecular flexibility index (Phi) is 5.20. The minimum absolute atomic E-state index is 0.660. The molecule has 2 fully saturated rings. The molecule has 24 heavy (non-hydrogen) atoms. The lowest BCUT2D eigenvalue weighted by atomic mass is 10.1. The van der Waals surface area contributed by atoms with Gasteiger partial charge in [0.2, 0.25) is 0 Å². The lowest BCUT2D eigenvalue weighted by molar-refractivity contribution is 0.0877. The highest BCUT2D eigenvalue weighted by Gasteiger charge is 2.25. The highest BCUT2D eigenvalue weighted by Crippen LogP contribution is 2.33. The van der Waals surface area contributed by atoms with Gasteiger partial charge in [0.15, 0.2) is 11.5 Å². The summed E-state index contributed by atoms with van der Waals surface area (Å²) in [6, 6.07) is 5.17. The second-order valence-corrected chi connectivity index (χ2v) is 8.30. The Labute approximate surface area is 149 Å². The number of aryl methyl sites for hydroxylation is 1. The second-order valence-electron chi connectivity index (χ2n) is 7.08. The maximum atomic E-state index is 5.75. The standard InChI is InChI=1S/C19H28N2O2S/c1-15-12-18-19(23-9-8-22-18)13-16(15)14-20-4-6-21(7-5-20)17-2-10-24-11-3-17/h12-13,17H,2-11,14H2,1H3. The first kappa shape index (κ1) is 16.6. The van der Waals surface area contributed by atoms with Gasteiger partial charge in [-0.25, -0.2) is 0 Å². The number of piperazine rings is 1. The third kappa shape index (κ3) is 3.68. The molecule has 132 valence electrons. The molecule has 0 saturated carbocycles. The number of hydrogen-bond acceptors (Lipinski definition) is 5. The van der Waals surface area contributed by atoms with Crippen LogP contribution in [-0.2, 0) is 6.54 Å². The van der Waals surface area contributed by atoms with Gasteiger partial charge in [-0.15, -0.1) is 0 Å². The van der Waals surface area contributed by atoms with Crippen LogP contribution in [0.2, 0.25) is 0 Å². The van der Waals surface area contributed by atoms with Gasteiger partial charge in [-0.1, -0.05) is 0 Å². The minimum Gasteiger partial charge on any atom is -0.486 e. The monoisotopic (exact) mass is 348 g/mol. The predicted molar refractivity (Wildman–Crippen MR) is 99.4 cm³/mol. The summed E-state index contributed by atoms with van der Waals surface area (Å²) in [7, 11) is 0. The highest BCUT2D eigenvalue weighted by molar-refractivity contribution is 7.99. The summed E-state index contributed by atoms with van der Waals surface area (Å²) >= 11 is 2.12. The van der Waals surface area contributed by atoms with Crippen molar-refractivity contribution in [2.24, 2.45) is 0 Å². The maximum absolute atomic E-state index is 5.75. The van der Waals surface area contributed by atoms with Crippen molar-refractivity contribution >= 4 is 11.8 Å². The third-order valence-corrected chi connectivity index (χ3v) is 6.56. The Morgan fingerprint density at radius 2 is 1.67 bits per heavy atom. The van der Waals surface area contributed by atoms with Crippen LogP contribution in [0.15, 0.2) is 12.1 Å². The number of thioether (sulfide) groups is 1. The van der Waals surface area contributed by atoms with E-state index in [1.807, 2.05) is 0 Å². The quantitative estimate of drug-likeness (QED) is 0.836. The fourth-order valence-electron chi connectivity index (χ4n) is 3.98. The third-order valence-electron chi connectivity index (χ3n) is 5.51. The second kappa shape index (κ2) is 7.54. The van der Waals surface area contributed by atoms with Gasteiger partial charge >= 0.3 is 0 Å². The van der Waals surface area contributed by atoms with E-state index in [0.29, 0.717) is 13.2 Å². The number of benzene rings is 1. The zero-order valence-corrected chi connectivity index (χ0v) is 15.4. The molecule has 4 rings (SSSR count). The summed E-state index contributed by atoms with van der Waals surface area (Å²) in [6.07, 6.45) is 2.76. The molecule has 1 aromatic rings. The zero-order chi connectivity index (χ0) is 16.4. The molecule has 0 bridgehead atoms. The van der Waals surface area contributed by atoms with Crippen LogP contribution in [0.1, 0.15) is 24.0 Å². The molecule has 3 aliphatic heterocycles. The number of fused-ring (bicyclic) bond motifs is 1. The molecule has 0 radical (unpaired) electrons. The minimum atomic E-state index is 0.660. The van der Waals surface area contributed by atoms with Gasteiger partial charge in [0, 0.05) is 38.8 Å². The van der Waals surface area contributed by atoms with Crippen molar-refractivity contribution in [2.45, 2.75) is 32.4 Å². The molecule has 0 aliphatic carbocycles. The van der Waals surface area contributed by atoms with Crippen LogP contribution in [0.4, 0.5) is 0 Å². The number of hydrogen-bond donors (Lipinski definition) is 0. The molecular formula is C19H28N2O2S. The SMILES string of the molecule is Cc1cc2c(cc1CN1CCN(C3CCSCC3)CC1)OCCO2. The maximum Gasteiger partial charge on any atom is 0.161 e. The molecule has 0 atom stereocenters. The van der Waals surface area contributed by atoms with Crippen molar-refractivity contribution in [3.05, 3.63) is 23.3 Å². The molecule has 3 heterocycles. The zero-order valence-electron chi connectivity index (χ0n) is 14.6. The highest BCUT2D eigenvalue weighted by atomic mass is 32.2. The first-order valence-electron chi connectivity index (χ1n) is 9.23. The summed E-state index contributed by atoms with van der Waals surface area (Å²) in [5, 5.41) is 0. The van der Waals surface area contributed by atoms with E-state index >= 15 is 0 Å². The van der Waals surface area contributed by atoms with Crippen molar-refractivity contribution in [3.63, 3.8) is 0 Å². The van der Waals surface area contributed by atoms with E-state index < -0.39 is 0 Å². The smallest absolute Gasteiger partial charge is 0.161 e. The largest absolute Gasteiger partial charge is 0.486 e. The molecule has 0 spiro atoms. The van der Waals surface area contributed by atoms with E-state index in [1.54, 1.807) is 0 Å². The molecule has 5 heteroatoms. The van der Waals surface area contributed by atoms with Crippen molar-refractivity contribution in [3.8, 4) is 11.5 Å². The Morgan fingerprint density at radius 1 is 1.00 bits per heavy atom. The molecule has 0 amide bonds. The van der Waals surface area contributed by atoms with Crippen LogP contribution >= 0.6 is 11.8 Å². The van der Waals surface area contributed by atoms with Crippen LogP contribution in [0.5, 0.6) is 11.5 Å². The van der Waals surface area contributed by atoms with Crippen LogP contribution in [0.25, 0.3) is 0 Å². The molecule has 1 aromatic carbocycles. The lowest BCUT2D eigenvalue weighted by Gasteiger charge is -2.40. The van der Waals surface area contributed by atoms with Crippen molar-refractivity contribution in [1.29, 1.82) is 0 Å². The van der Waals surface area contributed by atoms with E-state index in [2.05, 4.69) is 40.6 Å². The molecule has 3 aliphatic rings. The van der Waals surface area contributed by atoms with Gasteiger partial charge in [0.25, 0.3) is 0 Å². The van der Waals surface area contributed by atoms with Crippen molar-refractivity contribution in [2.75, 3.05) is 50.9 Å². The topological polar surface area (TPSA) is 24.9 Å². The molecule has 0 unspecified atom stereocenters. The molecule has 4 nitrogen and oxygen atoms in total. The predicted octanol–water partition coefficient (Wildman–Crippen LogP) is 2.78. The number of ether oxygens (including phenoxy) is 2. The first-order valence-corrected chi connectivity index (χ1v) is 10.4. The molecule has 0 N–H and O–H groups in total. The van der Waals surface area contributed by atoms with Crippen LogP contribution in [0, 0.1) is 6.92 Å². The lowest BCUT2D eigenvalue weighted by Crippen LogP contribution is -2.50. The summed E-state index contributed by atoms with van der Waals surface area (Å²) in [4.78, 5) is 5.32. The van der Waals surface area contributed by atoms with Crippen molar-refractivity contribution in [1.82, 2.24) is 9.80 Å². The van der Waals surface area contributed by atoms with Gasteiger partial charge in [-0.2, -0.15) is 11.8 Å².